The van der Waals surface area contributed by atoms with Crippen LogP contribution in [0.5, 0.6) is 0 Å². The molecule has 1 aromatic carbocycles. The first-order valence-corrected chi connectivity index (χ1v) is 10.3. The zero-order valence-corrected chi connectivity index (χ0v) is 19.3. The van der Waals surface area contributed by atoms with E-state index in [0.29, 0.717) is 23.0 Å². The second kappa shape index (κ2) is 8.80. The summed E-state index contributed by atoms with van der Waals surface area (Å²) in [7, 11) is 0.866. The molecule has 19 heteroatoms. The summed E-state index contributed by atoms with van der Waals surface area (Å²) in [6, 6.07) is 2.41. The summed E-state index contributed by atoms with van der Waals surface area (Å²) in [5.41, 5.74) is -1.76. The normalized spacial score (nSPS) is 14.4. The summed E-state index contributed by atoms with van der Waals surface area (Å²) in [5.74, 6) is -5.19. The third-order valence-corrected chi connectivity index (χ3v) is 5.54. The maximum absolute atomic E-state index is 14.7. The first-order chi connectivity index (χ1) is 17.9. The van der Waals surface area contributed by atoms with Crippen LogP contribution in [0.1, 0.15) is 22.6 Å². The van der Waals surface area contributed by atoms with Gasteiger partial charge in [0.1, 0.15) is 0 Å². The Kier molecular flexibility index (Phi) is 6.22. The van der Waals surface area contributed by atoms with Crippen LogP contribution in [0.4, 0.5) is 45.3 Å². The number of carbonyl (C=O) groups is 1. The maximum atomic E-state index is 14.7. The fraction of sp³-hybridized carbons (Fsp3) is 0.300. The molecule has 3 heterocycles. The molecule has 0 aliphatic carbocycles. The number of hydrogen-bond acceptors (Lipinski definition) is 8. The van der Waals surface area contributed by atoms with Crippen LogP contribution in [0, 0.1) is 6.92 Å². The molecule has 4 aromatic rings. The lowest BCUT2D eigenvalue weighted by molar-refractivity contribution is -0.279. The van der Waals surface area contributed by atoms with Gasteiger partial charge in [0.15, 0.2) is 17.2 Å². The highest BCUT2D eigenvalue weighted by atomic mass is 19.4. The van der Waals surface area contributed by atoms with Gasteiger partial charge in [0.2, 0.25) is 5.82 Å². The molecular formula is C20H13F9N8O2. The number of alkyl halides is 9. The number of benzene rings is 1. The van der Waals surface area contributed by atoms with Gasteiger partial charge in [-0.05, 0) is 29.0 Å². The lowest BCUT2D eigenvalue weighted by Gasteiger charge is -2.34. The molecule has 0 spiro atoms. The van der Waals surface area contributed by atoms with E-state index < -0.39 is 53.0 Å². The Morgan fingerprint density at radius 1 is 1.05 bits per heavy atom. The molecule has 39 heavy (non-hydrogen) atoms. The molecule has 10 nitrogen and oxygen atoms in total. The van der Waals surface area contributed by atoms with Crippen LogP contribution in [0.2, 0.25) is 0 Å². The van der Waals surface area contributed by atoms with Gasteiger partial charge in [-0.25, -0.2) is 19.4 Å². The van der Waals surface area contributed by atoms with Crippen molar-refractivity contribution < 1.29 is 49.0 Å². The maximum Gasteiger partial charge on any atom is 0.490 e. The molecule has 1 unspecified atom stereocenters. The zero-order chi connectivity index (χ0) is 29.1. The van der Waals surface area contributed by atoms with E-state index in [2.05, 4.69) is 30.2 Å². The molecule has 2 N–H and O–H groups in total. The summed E-state index contributed by atoms with van der Waals surface area (Å²) in [5, 5.41) is 9.38. The minimum absolute atomic E-state index is 0.152. The summed E-state index contributed by atoms with van der Waals surface area (Å²) in [6.45, 7) is 1.36. The van der Waals surface area contributed by atoms with Gasteiger partial charge >= 0.3 is 24.5 Å². The van der Waals surface area contributed by atoms with Gasteiger partial charge in [0.05, 0.1) is 11.9 Å². The fourth-order valence-corrected chi connectivity index (χ4v) is 3.77. The van der Waals surface area contributed by atoms with Crippen LogP contribution in [-0.4, -0.2) is 52.9 Å². The van der Waals surface area contributed by atoms with Crippen molar-refractivity contribution in [1.82, 2.24) is 34.6 Å². The van der Waals surface area contributed by atoms with Crippen molar-refractivity contribution in [2.24, 2.45) is 7.05 Å². The fourth-order valence-electron chi connectivity index (χ4n) is 3.77. The predicted molar refractivity (Wildman–Crippen MR) is 110 cm³/mol. The first-order valence-electron chi connectivity index (χ1n) is 10.3. The average Bonchev–Trinajstić information content (AvgIpc) is 3.42. The molecule has 0 saturated carbocycles. The predicted octanol–water partition coefficient (Wildman–Crippen LogP) is 3.74. The van der Waals surface area contributed by atoms with Crippen LogP contribution >= 0.6 is 0 Å². The van der Waals surface area contributed by atoms with Gasteiger partial charge in [0.25, 0.3) is 5.60 Å². The van der Waals surface area contributed by atoms with Crippen molar-refractivity contribution in [2.45, 2.75) is 31.1 Å². The number of nitrogens with two attached hydrogens (primary N) is 1. The van der Waals surface area contributed by atoms with E-state index >= 15 is 0 Å². The molecule has 4 rings (SSSR count). The van der Waals surface area contributed by atoms with E-state index in [1.807, 2.05) is 0 Å². The van der Waals surface area contributed by atoms with Gasteiger partial charge in [-0.1, -0.05) is 12.1 Å². The Morgan fingerprint density at radius 3 is 2.26 bits per heavy atom. The molecular weight excluding hydrogens is 555 g/mol. The number of esters is 1. The van der Waals surface area contributed by atoms with Gasteiger partial charge in [0, 0.05) is 24.4 Å². The molecule has 0 bridgehead atoms. The molecule has 1 atom stereocenters. The standard InChI is InChI=1S/C20H13F9N8O2/c1-8-3-4-9(5-10(8)11-6-31-14-13(30)32-12(7-37(11)14)18(21,22)23)17(20(27,28)29,15-33-34-35-36(15)2)39-16(38)19(24,25)26/h3-7H,1-2H3,(H2,30,32). The number of aromatic nitrogens is 7. The number of carbonyl (C=O) groups excluding carboxylic acids is 1. The van der Waals surface area contributed by atoms with E-state index in [4.69, 9.17) is 5.73 Å². The zero-order valence-electron chi connectivity index (χ0n) is 19.3. The third-order valence-electron chi connectivity index (χ3n) is 5.54. The van der Waals surface area contributed by atoms with Gasteiger partial charge in [-0.3, -0.25) is 4.40 Å². The third kappa shape index (κ3) is 4.56. The average molecular weight is 568 g/mol. The lowest BCUT2D eigenvalue weighted by Crippen LogP contribution is -2.51. The monoisotopic (exact) mass is 568 g/mol. The molecule has 208 valence electrons. The van der Waals surface area contributed by atoms with E-state index in [1.54, 1.807) is 0 Å². The van der Waals surface area contributed by atoms with E-state index in [9.17, 15) is 44.3 Å². The number of fused-ring (bicyclic) bond motifs is 1. The van der Waals surface area contributed by atoms with Crippen LogP contribution in [0.25, 0.3) is 16.9 Å². The van der Waals surface area contributed by atoms with Crippen molar-refractivity contribution in [3.63, 3.8) is 0 Å². The molecule has 0 radical (unpaired) electrons. The van der Waals surface area contributed by atoms with E-state index in [-0.39, 0.29) is 22.5 Å². The number of rotatable bonds is 4. The SMILES string of the molecule is Cc1ccc(C(OC(=O)C(F)(F)F)(c2nnnn2C)C(F)(F)F)cc1-c1cnc2c(N)nc(C(F)(F)F)cn12. The minimum atomic E-state index is -5.85. The molecule has 0 aliphatic rings. The van der Waals surface area contributed by atoms with Gasteiger partial charge in [-0.15, -0.1) is 5.10 Å². The number of nitrogen functional groups attached to an aromatic ring is 1. The Labute approximate surface area is 210 Å². The van der Waals surface area contributed by atoms with E-state index in [1.165, 1.54) is 6.92 Å². The van der Waals surface area contributed by atoms with Crippen LogP contribution < -0.4 is 5.73 Å². The van der Waals surface area contributed by atoms with Crippen molar-refractivity contribution in [2.75, 3.05) is 5.73 Å². The van der Waals surface area contributed by atoms with Gasteiger partial charge in [-0.2, -0.15) is 39.5 Å². The number of ether oxygens (including phenoxy) is 1. The second-order valence-electron chi connectivity index (χ2n) is 8.07. The van der Waals surface area contributed by atoms with Crippen LogP contribution in [-0.2, 0) is 28.4 Å². The number of halogens is 9. The quantitative estimate of drug-likeness (QED) is 0.292. The number of anilines is 1. The highest BCUT2D eigenvalue weighted by Crippen LogP contribution is 2.48. The molecule has 0 saturated heterocycles. The van der Waals surface area contributed by atoms with E-state index in [0.717, 1.165) is 23.7 Å². The number of imidazole rings is 1. The Balaban J connectivity index is 2.04. The summed E-state index contributed by atoms with van der Waals surface area (Å²) in [6.07, 6.45) is -15.1. The van der Waals surface area contributed by atoms with Crippen molar-refractivity contribution in [3.05, 3.63) is 53.2 Å². The molecule has 0 aliphatic heterocycles. The highest BCUT2D eigenvalue weighted by molar-refractivity contribution is 5.77. The Bertz CT molecular complexity index is 1570. The highest BCUT2D eigenvalue weighted by Gasteiger charge is 2.66. The Morgan fingerprint density at radius 2 is 1.72 bits per heavy atom. The molecule has 0 amide bonds. The Hall–Kier alpha value is -4.45. The first kappa shape index (κ1) is 27.6. The van der Waals surface area contributed by atoms with Gasteiger partial charge < -0.3 is 10.5 Å². The second-order valence-corrected chi connectivity index (χ2v) is 8.07. The molecule has 0 fully saturated rings. The number of tetrazole rings is 1. The largest absolute Gasteiger partial charge is 0.490 e. The van der Waals surface area contributed by atoms with Crippen LogP contribution in [0.15, 0.2) is 30.6 Å². The number of nitrogens with zero attached hydrogens (tertiary/aromatic N) is 7. The topological polar surface area (TPSA) is 126 Å². The van der Waals surface area contributed by atoms with Crippen molar-refractivity contribution >= 4 is 17.4 Å². The lowest BCUT2D eigenvalue weighted by atomic mass is 9.88. The smallest absolute Gasteiger partial charge is 0.429 e. The minimum Gasteiger partial charge on any atom is -0.429 e. The van der Waals surface area contributed by atoms with Crippen molar-refractivity contribution in [1.29, 1.82) is 0 Å². The molecule has 3 aromatic heterocycles. The summed E-state index contributed by atoms with van der Waals surface area (Å²) in [4.78, 5) is 18.8. The summed E-state index contributed by atoms with van der Waals surface area (Å²) < 4.78 is 129. The summed E-state index contributed by atoms with van der Waals surface area (Å²) >= 11 is 0. The number of hydrogen-bond donors (Lipinski definition) is 1. The van der Waals surface area contributed by atoms with Crippen molar-refractivity contribution in [3.8, 4) is 11.3 Å². The number of aryl methyl sites for hydroxylation is 2. The van der Waals surface area contributed by atoms with Crippen LogP contribution in [0.3, 0.4) is 0 Å².